The number of guanidine groups is 1. The average molecular weight is 531 g/mol. The zero-order valence-corrected chi connectivity index (χ0v) is 20.9. The molecule has 0 saturated carbocycles. The maximum absolute atomic E-state index is 12.3. The third kappa shape index (κ3) is 11.1. The summed E-state index contributed by atoms with van der Waals surface area (Å²) in [5, 5.41) is 9.65. The van der Waals surface area contributed by atoms with Gasteiger partial charge >= 0.3 is 0 Å². The maximum atomic E-state index is 12.3. The molecule has 170 valence electrons. The minimum atomic E-state index is 0. The molecule has 0 unspecified atom stereocenters. The van der Waals surface area contributed by atoms with E-state index in [4.69, 9.17) is 4.74 Å². The lowest BCUT2D eigenvalue weighted by molar-refractivity contribution is -0.116. The van der Waals surface area contributed by atoms with Gasteiger partial charge in [-0.25, -0.2) is 4.99 Å². The summed E-state index contributed by atoms with van der Waals surface area (Å²) in [7, 11) is 0. The van der Waals surface area contributed by atoms with E-state index in [1.165, 1.54) is 0 Å². The zero-order chi connectivity index (χ0) is 20.9. The molecule has 0 atom stereocenters. The van der Waals surface area contributed by atoms with Gasteiger partial charge in [0.1, 0.15) is 0 Å². The van der Waals surface area contributed by atoms with E-state index >= 15 is 0 Å². The lowest BCUT2D eigenvalue weighted by Crippen LogP contribution is -2.38. The molecule has 1 saturated heterocycles. The van der Waals surface area contributed by atoms with E-state index in [2.05, 4.69) is 46.6 Å². The maximum Gasteiger partial charge on any atom is 0.225 e. The van der Waals surface area contributed by atoms with E-state index in [1.807, 2.05) is 24.3 Å². The molecule has 0 spiro atoms. The number of anilines is 1. The predicted molar refractivity (Wildman–Crippen MR) is 135 cm³/mol. The fraction of sp³-hybridized carbons (Fsp3) is 0.636. The summed E-state index contributed by atoms with van der Waals surface area (Å²) in [6, 6.07) is 7.91. The Balaban J connectivity index is 0.00000450. The Kier molecular flexibility index (Phi) is 13.7. The number of rotatable bonds is 10. The van der Waals surface area contributed by atoms with Gasteiger partial charge < -0.3 is 20.7 Å². The van der Waals surface area contributed by atoms with Crippen LogP contribution in [-0.4, -0.2) is 62.7 Å². The van der Waals surface area contributed by atoms with Gasteiger partial charge in [0.2, 0.25) is 5.91 Å². The summed E-state index contributed by atoms with van der Waals surface area (Å²) < 4.78 is 5.34. The molecule has 0 aromatic heterocycles. The molecule has 1 aliphatic heterocycles. The number of hydrogen-bond donors (Lipinski definition) is 3. The molecule has 7 nitrogen and oxygen atoms in total. The molecule has 0 radical (unpaired) electrons. The van der Waals surface area contributed by atoms with Gasteiger partial charge in [-0.15, -0.1) is 24.0 Å². The Hall–Kier alpha value is -1.39. The van der Waals surface area contributed by atoms with Crippen LogP contribution >= 0.6 is 24.0 Å². The number of benzene rings is 1. The lowest BCUT2D eigenvalue weighted by Gasteiger charge is -2.26. The topological polar surface area (TPSA) is 78.0 Å². The predicted octanol–water partition coefficient (Wildman–Crippen LogP) is 3.07. The van der Waals surface area contributed by atoms with Gasteiger partial charge in [-0.1, -0.05) is 26.0 Å². The molecule has 1 heterocycles. The van der Waals surface area contributed by atoms with E-state index in [-0.39, 0.29) is 29.9 Å². The van der Waals surface area contributed by atoms with Crippen LogP contribution in [0.25, 0.3) is 0 Å². The van der Waals surface area contributed by atoms with E-state index in [0.29, 0.717) is 18.9 Å². The zero-order valence-electron chi connectivity index (χ0n) is 18.6. The summed E-state index contributed by atoms with van der Waals surface area (Å²) in [6.07, 6.45) is 1.60. The number of carbonyl (C=O) groups is 1. The number of nitrogens with zero attached hydrogens (tertiary/aromatic N) is 2. The van der Waals surface area contributed by atoms with Gasteiger partial charge in [0.25, 0.3) is 0 Å². The SMILES string of the molecule is CCNC(=NCc1cccc(NC(=O)CCN2CCOCC2)c1)NCCC(C)C.I. The molecule has 3 N–H and O–H groups in total. The van der Waals surface area contributed by atoms with Crippen molar-refractivity contribution in [2.75, 3.05) is 51.3 Å². The van der Waals surface area contributed by atoms with Crippen LogP contribution in [0.2, 0.25) is 0 Å². The summed E-state index contributed by atoms with van der Waals surface area (Å²) in [5.74, 6) is 1.53. The van der Waals surface area contributed by atoms with Crippen LogP contribution in [-0.2, 0) is 16.1 Å². The fourth-order valence-electron chi connectivity index (χ4n) is 3.05. The van der Waals surface area contributed by atoms with Crippen molar-refractivity contribution >= 4 is 41.5 Å². The van der Waals surface area contributed by atoms with Crippen LogP contribution < -0.4 is 16.0 Å². The van der Waals surface area contributed by atoms with Crippen LogP contribution in [0.3, 0.4) is 0 Å². The van der Waals surface area contributed by atoms with E-state index < -0.39 is 0 Å². The first-order valence-electron chi connectivity index (χ1n) is 10.8. The second kappa shape index (κ2) is 15.4. The first-order valence-corrected chi connectivity index (χ1v) is 10.8. The molecule has 1 aromatic rings. The number of hydrogen-bond acceptors (Lipinski definition) is 4. The Bertz CT molecular complexity index is 648. The number of ether oxygens (including phenoxy) is 1. The highest BCUT2D eigenvalue weighted by atomic mass is 127. The van der Waals surface area contributed by atoms with Crippen molar-refractivity contribution in [2.24, 2.45) is 10.9 Å². The molecule has 1 fully saturated rings. The summed E-state index contributed by atoms with van der Waals surface area (Å²) >= 11 is 0. The van der Waals surface area contributed by atoms with Crippen molar-refractivity contribution in [1.29, 1.82) is 0 Å². The lowest BCUT2D eigenvalue weighted by atomic mass is 10.1. The van der Waals surface area contributed by atoms with Crippen molar-refractivity contribution in [1.82, 2.24) is 15.5 Å². The highest BCUT2D eigenvalue weighted by molar-refractivity contribution is 14.0. The number of morpholine rings is 1. The first kappa shape index (κ1) is 26.6. The van der Waals surface area contributed by atoms with Gasteiger partial charge in [-0.05, 0) is 37.0 Å². The van der Waals surface area contributed by atoms with Gasteiger partial charge in [0.15, 0.2) is 5.96 Å². The molecule has 2 rings (SSSR count). The standard InChI is InChI=1S/C22H37N5O2.HI/c1-4-23-22(24-10-8-18(2)3)25-17-19-6-5-7-20(16-19)26-21(28)9-11-27-12-14-29-15-13-27;/h5-7,16,18H,4,8-15,17H2,1-3H3,(H,26,28)(H2,23,24,25);1H. The molecular formula is C22H38IN5O2. The largest absolute Gasteiger partial charge is 0.379 e. The number of carbonyl (C=O) groups excluding carboxylic acids is 1. The van der Waals surface area contributed by atoms with Gasteiger partial charge in [-0.3, -0.25) is 9.69 Å². The molecule has 1 aromatic carbocycles. The van der Waals surface area contributed by atoms with Crippen molar-refractivity contribution < 1.29 is 9.53 Å². The van der Waals surface area contributed by atoms with Gasteiger partial charge in [-0.2, -0.15) is 0 Å². The second-order valence-electron chi connectivity index (χ2n) is 7.76. The molecular weight excluding hydrogens is 493 g/mol. The summed E-state index contributed by atoms with van der Waals surface area (Å²) in [4.78, 5) is 19.2. The van der Waals surface area contributed by atoms with Gasteiger partial charge in [0.05, 0.1) is 19.8 Å². The summed E-state index contributed by atoms with van der Waals surface area (Å²) in [5.41, 5.74) is 1.89. The molecule has 8 heteroatoms. The average Bonchev–Trinajstić information content (AvgIpc) is 2.71. The van der Waals surface area contributed by atoms with E-state index in [9.17, 15) is 4.79 Å². The molecule has 0 bridgehead atoms. The van der Waals surface area contributed by atoms with Crippen molar-refractivity contribution in [3.63, 3.8) is 0 Å². The Labute approximate surface area is 198 Å². The van der Waals surface area contributed by atoms with Crippen molar-refractivity contribution in [2.45, 2.75) is 40.2 Å². The van der Waals surface area contributed by atoms with Crippen LogP contribution in [0.4, 0.5) is 5.69 Å². The number of aliphatic imine (C=N–C) groups is 1. The highest BCUT2D eigenvalue weighted by Crippen LogP contribution is 2.12. The molecule has 1 amide bonds. The Morgan fingerprint density at radius 1 is 1.23 bits per heavy atom. The van der Waals surface area contributed by atoms with E-state index in [1.54, 1.807) is 0 Å². The molecule has 30 heavy (non-hydrogen) atoms. The third-order valence-electron chi connectivity index (χ3n) is 4.75. The fourth-order valence-corrected chi connectivity index (χ4v) is 3.05. The smallest absolute Gasteiger partial charge is 0.225 e. The van der Waals surface area contributed by atoms with Crippen molar-refractivity contribution in [3.05, 3.63) is 29.8 Å². The van der Waals surface area contributed by atoms with Crippen LogP contribution in [0.15, 0.2) is 29.3 Å². The summed E-state index contributed by atoms with van der Waals surface area (Å²) in [6.45, 7) is 12.9. The minimum Gasteiger partial charge on any atom is -0.379 e. The monoisotopic (exact) mass is 531 g/mol. The van der Waals surface area contributed by atoms with Crippen LogP contribution in [0.1, 0.15) is 39.2 Å². The first-order chi connectivity index (χ1) is 14.1. The number of nitrogens with one attached hydrogen (secondary N) is 3. The molecule has 0 aliphatic carbocycles. The quantitative estimate of drug-likeness (QED) is 0.246. The highest BCUT2D eigenvalue weighted by Gasteiger charge is 2.12. The minimum absolute atomic E-state index is 0. The second-order valence-corrected chi connectivity index (χ2v) is 7.76. The van der Waals surface area contributed by atoms with Crippen LogP contribution in [0.5, 0.6) is 0 Å². The Morgan fingerprint density at radius 3 is 2.70 bits per heavy atom. The third-order valence-corrected chi connectivity index (χ3v) is 4.75. The van der Waals surface area contributed by atoms with Gasteiger partial charge in [0, 0.05) is 44.8 Å². The number of amides is 1. The van der Waals surface area contributed by atoms with Crippen LogP contribution in [0, 0.1) is 5.92 Å². The Morgan fingerprint density at radius 2 is 2.00 bits per heavy atom. The van der Waals surface area contributed by atoms with E-state index in [0.717, 1.165) is 69.6 Å². The normalized spacial score (nSPS) is 14.9. The molecule has 1 aliphatic rings. The number of halogens is 1. The van der Waals surface area contributed by atoms with Crippen molar-refractivity contribution in [3.8, 4) is 0 Å².